The molecule has 0 amide bonds. The number of ketones is 1. The lowest BCUT2D eigenvalue weighted by Gasteiger charge is -2.39. The number of carbonyl (C=O) groups is 1. The molecule has 28 heavy (non-hydrogen) atoms. The summed E-state index contributed by atoms with van der Waals surface area (Å²) in [5, 5.41) is 11.5. The van der Waals surface area contributed by atoms with Crippen LogP contribution >= 0.6 is 27.5 Å². The van der Waals surface area contributed by atoms with Crippen LogP contribution < -0.4 is 0 Å². The fourth-order valence-corrected chi connectivity index (χ4v) is 4.29. The van der Waals surface area contributed by atoms with Gasteiger partial charge in [-0.25, -0.2) is 4.39 Å². The van der Waals surface area contributed by atoms with Gasteiger partial charge in [-0.2, -0.15) is 0 Å². The Morgan fingerprint density at radius 2 is 1.75 bits per heavy atom. The van der Waals surface area contributed by atoms with Gasteiger partial charge in [-0.1, -0.05) is 70.0 Å². The molecule has 1 fully saturated rings. The van der Waals surface area contributed by atoms with Crippen molar-refractivity contribution in [3.05, 3.63) is 70.7 Å². The van der Waals surface area contributed by atoms with Crippen molar-refractivity contribution in [1.82, 2.24) is 4.90 Å². The molecule has 0 aliphatic carbocycles. The van der Waals surface area contributed by atoms with E-state index in [9.17, 15) is 14.3 Å². The third kappa shape index (κ3) is 5.63. The molecule has 6 heteroatoms. The van der Waals surface area contributed by atoms with E-state index in [1.165, 1.54) is 0 Å². The number of hydrogen-bond donors (Lipinski definition) is 1. The van der Waals surface area contributed by atoms with Gasteiger partial charge in [0.1, 0.15) is 0 Å². The number of hydrogen-bond acceptors (Lipinski definition) is 3. The van der Waals surface area contributed by atoms with Crippen molar-refractivity contribution in [2.24, 2.45) is 0 Å². The fourth-order valence-electron chi connectivity index (χ4n) is 3.59. The van der Waals surface area contributed by atoms with Gasteiger partial charge in [0, 0.05) is 36.5 Å². The Balaban J connectivity index is 1.51. The number of rotatable bonds is 7. The van der Waals surface area contributed by atoms with Crippen molar-refractivity contribution in [3.63, 3.8) is 0 Å². The molecule has 0 radical (unpaired) electrons. The van der Waals surface area contributed by atoms with Crippen LogP contribution in [0.25, 0.3) is 0 Å². The maximum atomic E-state index is 14.8. The van der Waals surface area contributed by atoms with Crippen LogP contribution in [-0.2, 0) is 6.42 Å². The first-order valence-corrected chi connectivity index (χ1v) is 10.7. The first kappa shape index (κ1) is 21.4. The third-order valence-electron chi connectivity index (χ3n) is 5.32. The predicted molar refractivity (Wildman–Crippen MR) is 114 cm³/mol. The standard InChI is InChI=1S/C22H24BrClFNO2/c23-19(21(27)17-4-2-1-3-5-17)14-20(25)26-12-10-22(28,11-13-26)15-16-6-8-18(24)9-7-16/h1-9,19-20,28H,10-15H2. The van der Waals surface area contributed by atoms with Crippen molar-refractivity contribution in [3.8, 4) is 0 Å². The molecule has 2 atom stereocenters. The van der Waals surface area contributed by atoms with Crippen LogP contribution in [0.4, 0.5) is 4.39 Å². The second-order valence-corrected chi connectivity index (χ2v) is 8.97. The lowest BCUT2D eigenvalue weighted by Crippen LogP contribution is -2.48. The molecule has 0 saturated carbocycles. The molecule has 150 valence electrons. The quantitative estimate of drug-likeness (QED) is 0.351. The van der Waals surface area contributed by atoms with Gasteiger partial charge >= 0.3 is 0 Å². The summed E-state index contributed by atoms with van der Waals surface area (Å²) in [6.07, 6.45) is 0.383. The van der Waals surface area contributed by atoms with Gasteiger partial charge in [-0.05, 0) is 30.5 Å². The number of halogens is 3. The maximum Gasteiger partial charge on any atom is 0.176 e. The van der Waals surface area contributed by atoms with Gasteiger partial charge < -0.3 is 5.11 Å². The van der Waals surface area contributed by atoms with E-state index in [2.05, 4.69) is 15.9 Å². The summed E-state index contributed by atoms with van der Waals surface area (Å²) in [5.74, 6) is -0.112. The summed E-state index contributed by atoms with van der Waals surface area (Å²) in [7, 11) is 0. The molecule has 1 aliphatic heterocycles. The number of carbonyl (C=O) groups excluding carboxylic acids is 1. The molecular formula is C22H24BrClFNO2. The average molecular weight is 469 g/mol. The normalized spacial score (nSPS) is 19.1. The highest BCUT2D eigenvalue weighted by atomic mass is 79.9. The van der Waals surface area contributed by atoms with E-state index < -0.39 is 16.7 Å². The SMILES string of the molecule is O=C(c1ccccc1)C(Br)CC(F)N1CCC(O)(Cc2ccc(Cl)cc2)CC1. The molecule has 3 rings (SSSR count). The lowest BCUT2D eigenvalue weighted by molar-refractivity contribution is -0.0506. The first-order valence-electron chi connectivity index (χ1n) is 9.45. The Morgan fingerprint density at radius 3 is 2.36 bits per heavy atom. The molecule has 2 aromatic rings. The smallest absolute Gasteiger partial charge is 0.176 e. The number of Topliss-reactive ketones (excluding diaryl/α,β-unsaturated/α-hetero) is 1. The van der Waals surface area contributed by atoms with E-state index in [1.54, 1.807) is 29.2 Å². The van der Waals surface area contributed by atoms with Gasteiger partial charge in [0.25, 0.3) is 0 Å². The molecule has 3 nitrogen and oxygen atoms in total. The number of aliphatic hydroxyl groups is 1. The van der Waals surface area contributed by atoms with E-state index in [-0.39, 0.29) is 12.2 Å². The highest BCUT2D eigenvalue weighted by Crippen LogP contribution is 2.29. The molecule has 1 saturated heterocycles. The average Bonchev–Trinajstić information content (AvgIpc) is 2.70. The Hall–Kier alpha value is -1.27. The number of piperidine rings is 1. The summed E-state index contributed by atoms with van der Waals surface area (Å²) in [4.78, 5) is 13.6. The second-order valence-electron chi connectivity index (χ2n) is 7.43. The summed E-state index contributed by atoms with van der Waals surface area (Å²) in [6, 6.07) is 16.4. The van der Waals surface area contributed by atoms with Crippen LogP contribution in [0.2, 0.25) is 5.02 Å². The van der Waals surface area contributed by atoms with Crippen molar-refractivity contribution >= 4 is 33.3 Å². The van der Waals surface area contributed by atoms with Crippen molar-refractivity contribution < 1.29 is 14.3 Å². The van der Waals surface area contributed by atoms with Crippen LogP contribution in [0, 0.1) is 0 Å². The van der Waals surface area contributed by atoms with Crippen LogP contribution in [0.3, 0.4) is 0 Å². The molecule has 1 heterocycles. The number of benzene rings is 2. The van der Waals surface area contributed by atoms with Gasteiger partial charge in [0.15, 0.2) is 12.1 Å². The minimum absolute atomic E-state index is 0.0866. The molecule has 0 aromatic heterocycles. The second kappa shape index (κ2) is 9.49. The van der Waals surface area contributed by atoms with Gasteiger partial charge in [0.2, 0.25) is 0 Å². The summed E-state index contributed by atoms with van der Waals surface area (Å²) < 4.78 is 14.8. The number of alkyl halides is 2. The van der Waals surface area contributed by atoms with E-state index in [0.29, 0.717) is 42.9 Å². The van der Waals surface area contributed by atoms with Crippen molar-refractivity contribution in [1.29, 1.82) is 0 Å². The van der Waals surface area contributed by atoms with Crippen LogP contribution in [0.15, 0.2) is 54.6 Å². The van der Waals surface area contributed by atoms with Gasteiger partial charge in [-0.3, -0.25) is 9.69 Å². The zero-order valence-electron chi connectivity index (χ0n) is 15.5. The zero-order valence-corrected chi connectivity index (χ0v) is 17.9. The van der Waals surface area contributed by atoms with Crippen LogP contribution in [0.1, 0.15) is 35.2 Å². The largest absolute Gasteiger partial charge is 0.389 e. The molecule has 0 spiro atoms. The molecule has 0 bridgehead atoms. The lowest BCUT2D eigenvalue weighted by atomic mass is 9.85. The van der Waals surface area contributed by atoms with Crippen LogP contribution in [-0.4, -0.2) is 45.6 Å². The zero-order chi connectivity index (χ0) is 20.1. The molecular weight excluding hydrogens is 445 g/mol. The van der Waals surface area contributed by atoms with Crippen molar-refractivity contribution in [2.45, 2.75) is 42.4 Å². The number of likely N-dealkylation sites (tertiary alicyclic amines) is 1. The van der Waals surface area contributed by atoms with E-state index in [1.807, 2.05) is 30.3 Å². The van der Waals surface area contributed by atoms with Gasteiger partial charge in [0.05, 0.1) is 10.4 Å². The molecule has 1 aliphatic rings. The Labute approximate surface area is 178 Å². The monoisotopic (exact) mass is 467 g/mol. The molecule has 2 aromatic carbocycles. The third-order valence-corrected chi connectivity index (χ3v) is 6.36. The summed E-state index contributed by atoms with van der Waals surface area (Å²) >= 11 is 9.25. The Kier molecular flexibility index (Phi) is 7.26. The highest BCUT2D eigenvalue weighted by Gasteiger charge is 2.35. The minimum atomic E-state index is -1.22. The first-order chi connectivity index (χ1) is 13.4. The maximum absolute atomic E-state index is 14.8. The number of nitrogens with zero attached hydrogens (tertiary/aromatic N) is 1. The van der Waals surface area contributed by atoms with E-state index in [0.717, 1.165) is 5.56 Å². The Morgan fingerprint density at radius 1 is 1.14 bits per heavy atom. The highest BCUT2D eigenvalue weighted by molar-refractivity contribution is 9.10. The van der Waals surface area contributed by atoms with E-state index >= 15 is 0 Å². The summed E-state index contributed by atoms with van der Waals surface area (Å²) in [5.41, 5.74) is 0.760. The predicted octanol–water partition coefficient (Wildman–Crippen LogP) is 5.04. The minimum Gasteiger partial charge on any atom is -0.389 e. The molecule has 1 N–H and O–H groups in total. The Bertz CT molecular complexity index is 779. The van der Waals surface area contributed by atoms with Gasteiger partial charge in [-0.15, -0.1) is 0 Å². The van der Waals surface area contributed by atoms with E-state index in [4.69, 9.17) is 11.6 Å². The molecule has 2 unspecified atom stereocenters. The topological polar surface area (TPSA) is 40.5 Å². The van der Waals surface area contributed by atoms with Crippen molar-refractivity contribution in [2.75, 3.05) is 13.1 Å². The van der Waals surface area contributed by atoms with Crippen LogP contribution in [0.5, 0.6) is 0 Å². The fraction of sp³-hybridized carbons (Fsp3) is 0.409. The summed E-state index contributed by atoms with van der Waals surface area (Å²) in [6.45, 7) is 0.926.